The number of carbonyl (C=O) groups excluding carboxylic acids is 4. The molecule has 0 bridgehead atoms. The first-order chi connectivity index (χ1) is 12.0. The molecule has 9 nitrogen and oxygen atoms in total. The Morgan fingerprint density at radius 1 is 0.560 bits per heavy atom. The summed E-state index contributed by atoms with van der Waals surface area (Å²) in [6.45, 7) is 2.36. The van der Waals surface area contributed by atoms with Gasteiger partial charge in [-0.2, -0.15) is 0 Å². The van der Waals surface area contributed by atoms with Crippen LogP contribution in [0.25, 0.3) is 0 Å². The lowest BCUT2D eigenvalue weighted by Gasteiger charge is -2.07. The van der Waals surface area contributed by atoms with Crippen LogP contribution in [0.5, 0.6) is 0 Å². The maximum atomic E-state index is 11.3. The topological polar surface area (TPSA) is 114 Å². The van der Waals surface area contributed by atoms with Crippen molar-refractivity contribution in [2.24, 2.45) is 0 Å². The molecule has 0 spiro atoms. The monoisotopic (exact) mass is 362 g/mol. The van der Waals surface area contributed by atoms with Gasteiger partial charge in [0.2, 0.25) is 0 Å². The van der Waals surface area contributed by atoms with Gasteiger partial charge in [0.15, 0.2) is 13.2 Å². The second kappa shape index (κ2) is 15.4. The number of ether oxygens (including phenoxy) is 5. The van der Waals surface area contributed by atoms with Crippen LogP contribution < -0.4 is 0 Å². The van der Waals surface area contributed by atoms with Crippen LogP contribution in [0.3, 0.4) is 0 Å². The highest BCUT2D eigenvalue weighted by atomic mass is 16.6. The predicted octanol–water partition coefficient (Wildman–Crippen LogP) is 0.776. The van der Waals surface area contributed by atoms with Crippen LogP contribution in [0, 0.1) is 0 Å². The van der Waals surface area contributed by atoms with E-state index in [2.05, 4.69) is 9.47 Å². The minimum atomic E-state index is -0.820. The molecule has 0 unspecified atom stereocenters. The zero-order chi connectivity index (χ0) is 18.9. The first-order valence-corrected chi connectivity index (χ1v) is 8.19. The fraction of sp³-hybridized carbons (Fsp3) is 0.750. The van der Waals surface area contributed by atoms with Gasteiger partial charge in [-0.1, -0.05) is 26.7 Å². The second-order valence-corrected chi connectivity index (χ2v) is 4.96. The first-order valence-electron chi connectivity index (χ1n) is 8.19. The van der Waals surface area contributed by atoms with Crippen molar-refractivity contribution in [3.05, 3.63) is 0 Å². The third kappa shape index (κ3) is 15.1. The van der Waals surface area contributed by atoms with Crippen molar-refractivity contribution in [3.8, 4) is 0 Å². The molecule has 0 aliphatic rings. The van der Waals surface area contributed by atoms with Crippen LogP contribution in [0.2, 0.25) is 0 Å². The summed E-state index contributed by atoms with van der Waals surface area (Å²) in [6, 6.07) is 0. The van der Waals surface area contributed by atoms with Crippen molar-refractivity contribution in [1.82, 2.24) is 0 Å². The Kier molecular flexibility index (Phi) is 14.0. The minimum absolute atomic E-state index is 0.274. The fourth-order valence-corrected chi connectivity index (χ4v) is 1.32. The van der Waals surface area contributed by atoms with E-state index in [1.807, 2.05) is 13.8 Å². The van der Waals surface area contributed by atoms with Crippen molar-refractivity contribution >= 4 is 23.9 Å². The van der Waals surface area contributed by atoms with E-state index in [0.29, 0.717) is 0 Å². The molecule has 0 rings (SSSR count). The molecule has 144 valence electrons. The Morgan fingerprint density at radius 3 is 1.28 bits per heavy atom. The highest BCUT2D eigenvalue weighted by Gasteiger charge is 2.12. The van der Waals surface area contributed by atoms with E-state index in [1.54, 1.807) is 0 Å². The van der Waals surface area contributed by atoms with Crippen molar-refractivity contribution in [2.75, 3.05) is 39.6 Å². The molecule has 0 aromatic rings. The largest absolute Gasteiger partial charge is 0.463 e. The van der Waals surface area contributed by atoms with E-state index in [9.17, 15) is 19.2 Å². The van der Waals surface area contributed by atoms with Gasteiger partial charge in [-0.3, -0.25) is 0 Å². The van der Waals surface area contributed by atoms with Gasteiger partial charge in [0.1, 0.15) is 13.2 Å². The van der Waals surface area contributed by atoms with Crippen molar-refractivity contribution in [3.63, 3.8) is 0 Å². The van der Waals surface area contributed by atoms with E-state index in [1.165, 1.54) is 0 Å². The molecular formula is C16H26O9. The molecule has 0 aromatic carbocycles. The van der Waals surface area contributed by atoms with Gasteiger partial charge in [-0.15, -0.1) is 0 Å². The summed E-state index contributed by atoms with van der Waals surface area (Å²) in [7, 11) is 0. The van der Waals surface area contributed by atoms with E-state index in [4.69, 9.17) is 14.2 Å². The summed E-state index contributed by atoms with van der Waals surface area (Å²) in [5.41, 5.74) is 0. The average molecular weight is 362 g/mol. The van der Waals surface area contributed by atoms with Crippen LogP contribution in [-0.4, -0.2) is 63.5 Å². The van der Waals surface area contributed by atoms with E-state index in [0.717, 1.165) is 25.7 Å². The van der Waals surface area contributed by atoms with Crippen molar-refractivity contribution in [1.29, 1.82) is 0 Å². The average Bonchev–Trinajstić information content (AvgIpc) is 2.58. The van der Waals surface area contributed by atoms with Crippen molar-refractivity contribution in [2.45, 2.75) is 39.5 Å². The van der Waals surface area contributed by atoms with Gasteiger partial charge in [-0.05, 0) is 12.8 Å². The number of carbonyl (C=O) groups is 4. The number of hydrogen-bond donors (Lipinski definition) is 0. The summed E-state index contributed by atoms with van der Waals surface area (Å²) in [5, 5.41) is 0. The molecule has 0 aliphatic heterocycles. The molecule has 0 amide bonds. The normalized spacial score (nSPS) is 10.0. The molecular weight excluding hydrogens is 336 g/mol. The molecule has 0 fully saturated rings. The van der Waals surface area contributed by atoms with E-state index in [-0.39, 0.29) is 13.2 Å². The summed E-state index contributed by atoms with van der Waals surface area (Å²) in [6.07, 6.45) is 3.23. The summed E-state index contributed by atoms with van der Waals surface area (Å²) < 4.78 is 23.6. The zero-order valence-corrected chi connectivity index (χ0v) is 14.7. The Hall–Kier alpha value is -2.16. The zero-order valence-electron chi connectivity index (χ0n) is 14.7. The quantitative estimate of drug-likeness (QED) is 0.251. The maximum Gasteiger partial charge on any atom is 0.344 e. The number of unbranched alkanes of at least 4 members (excludes halogenated alkanes) is 2. The van der Waals surface area contributed by atoms with Crippen LogP contribution >= 0.6 is 0 Å². The number of rotatable bonds is 14. The van der Waals surface area contributed by atoms with Gasteiger partial charge in [0.25, 0.3) is 0 Å². The molecule has 9 heteroatoms. The van der Waals surface area contributed by atoms with Crippen LogP contribution in [0.4, 0.5) is 0 Å². The Bertz CT molecular complexity index is 382. The minimum Gasteiger partial charge on any atom is -0.463 e. The summed E-state index contributed by atoms with van der Waals surface area (Å²) in [4.78, 5) is 45.0. The third-order valence-electron chi connectivity index (χ3n) is 2.66. The maximum absolute atomic E-state index is 11.3. The van der Waals surface area contributed by atoms with E-state index < -0.39 is 50.3 Å². The molecule has 0 saturated heterocycles. The van der Waals surface area contributed by atoms with Gasteiger partial charge < -0.3 is 23.7 Å². The Labute approximate surface area is 146 Å². The molecule has 25 heavy (non-hydrogen) atoms. The van der Waals surface area contributed by atoms with Crippen LogP contribution in [0.15, 0.2) is 0 Å². The van der Waals surface area contributed by atoms with Gasteiger partial charge in [0.05, 0.1) is 13.2 Å². The molecule has 0 heterocycles. The fourth-order valence-electron chi connectivity index (χ4n) is 1.32. The molecule has 0 radical (unpaired) electrons. The first kappa shape index (κ1) is 22.8. The highest BCUT2D eigenvalue weighted by molar-refractivity contribution is 5.78. The molecule has 0 aliphatic carbocycles. The smallest absolute Gasteiger partial charge is 0.344 e. The van der Waals surface area contributed by atoms with Crippen LogP contribution in [0.1, 0.15) is 39.5 Å². The Morgan fingerprint density at radius 2 is 0.920 bits per heavy atom. The van der Waals surface area contributed by atoms with Gasteiger partial charge in [-0.25, -0.2) is 19.2 Å². The standard InChI is InChI=1S/C16H26O9/c1-3-5-7-22-15(19)11-24-13(17)9-21-10-14(18)25-12-16(20)23-8-6-4-2/h3-12H2,1-2H3. The van der Waals surface area contributed by atoms with Gasteiger partial charge >= 0.3 is 23.9 Å². The van der Waals surface area contributed by atoms with Crippen molar-refractivity contribution < 1.29 is 42.9 Å². The second-order valence-electron chi connectivity index (χ2n) is 4.96. The summed E-state index contributed by atoms with van der Waals surface area (Å²) >= 11 is 0. The Balaban J connectivity index is 3.64. The number of esters is 4. The third-order valence-corrected chi connectivity index (χ3v) is 2.66. The van der Waals surface area contributed by atoms with Gasteiger partial charge in [0, 0.05) is 0 Å². The molecule has 0 saturated carbocycles. The SMILES string of the molecule is CCCCOC(=O)COC(=O)COCC(=O)OCC(=O)OCCCC. The lowest BCUT2D eigenvalue weighted by molar-refractivity contribution is -0.166. The van der Waals surface area contributed by atoms with Crippen LogP contribution in [-0.2, 0) is 42.9 Å². The summed E-state index contributed by atoms with van der Waals surface area (Å²) in [5.74, 6) is -2.94. The van der Waals surface area contributed by atoms with E-state index >= 15 is 0 Å². The lowest BCUT2D eigenvalue weighted by atomic mass is 10.4. The lowest BCUT2D eigenvalue weighted by Crippen LogP contribution is -2.23. The number of hydrogen-bond acceptors (Lipinski definition) is 9. The molecule has 0 atom stereocenters. The predicted molar refractivity (Wildman–Crippen MR) is 84.5 cm³/mol. The molecule has 0 N–H and O–H groups in total. The molecule has 0 aromatic heterocycles. The highest BCUT2D eigenvalue weighted by Crippen LogP contribution is 1.92.